The van der Waals surface area contributed by atoms with Crippen molar-refractivity contribution in [3.8, 4) is 5.75 Å². The fraction of sp³-hybridized carbons (Fsp3) is 0.286. The van der Waals surface area contributed by atoms with Gasteiger partial charge in [0.1, 0.15) is 18.1 Å². The summed E-state index contributed by atoms with van der Waals surface area (Å²) in [6.07, 6.45) is 1.05. The molecule has 29 heavy (non-hydrogen) atoms. The van der Waals surface area contributed by atoms with Crippen LogP contribution < -0.4 is 10.1 Å². The largest absolute Gasteiger partial charge is 0.497 e. The highest BCUT2D eigenvalue weighted by molar-refractivity contribution is 7.97. The van der Waals surface area contributed by atoms with Crippen molar-refractivity contribution in [3.05, 3.63) is 54.4 Å². The number of para-hydroxylation sites is 2. The van der Waals surface area contributed by atoms with Crippen molar-refractivity contribution < 1.29 is 19.1 Å². The lowest BCUT2D eigenvalue weighted by Crippen LogP contribution is -2.31. The zero-order valence-corrected chi connectivity index (χ0v) is 17.4. The van der Waals surface area contributed by atoms with Gasteiger partial charge in [0, 0.05) is 5.69 Å². The van der Waals surface area contributed by atoms with Gasteiger partial charge in [0.25, 0.3) is 5.91 Å². The second-order valence-electron chi connectivity index (χ2n) is 6.39. The summed E-state index contributed by atoms with van der Waals surface area (Å²) in [4.78, 5) is 29.4. The van der Waals surface area contributed by atoms with Crippen LogP contribution in [-0.4, -0.2) is 40.9 Å². The molecule has 1 N–H and O–H groups in total. The van der Waals surface area contributed by atoms with E-state index in [1.54, 1.807) is 50.1 Å². The van der Waals surface area contributed by atoms with Crippen molar-refractivity contribution in [2.24, 2.45) is 0 Å². The smallest absolute Gasteiger partial charge is 0.326 e. The molecule has 1 aromatic heterocycles. The number of carbonyl (C=O) groups is 2. The first-order valence-corrected chi connectivity index (χ1v) is 10.5. The molecule has 1 amide bonds. The van der Waals surface area contributed by atoms with Gasteiger partial charge in [0.2, 0.25) is 0 Å². The average Bonchev–Trinajstić information content (AvgIpc) is 3.06. The van der Waals surface area contributed by atoms with Crippen LogP contribution in [0.3, 0.4) is 0 Å². The Balaban J connectivity index is 1.64. The van der Waals surface area contributed by atoms with E-state index in [0.29, 0.717) is 17.2 Å². The number of esters is 1. The molecule has 2 aromatic carbocycles. The standard InChI is InChI=1S/C21H23N3O4S/c1-14(21(26)22-15-8-10-16(27-2)11-9-15)28-20(25)12-24-18-7-5-4-6-17(18)23-19(24)13-29-3/h4-11,14H,12-13H2,1-3H3,(H,22,26)/t14-/m1/s1. The number of benzene rings is 2. The fourth-order valence-electron chi connectivity index (χ4n) is 2.88. The maximum absolute atomic E-state index is 12.5. The monoisotopic (exact) mass is 413 g/mol. The average molecular weight is 413 g/mol. The number of nitrogens with one attached hydrogen (secondary N) is 1. The molecule has 152 valence electrons. The van der Waals surface area contributed by atoms with Crippen LogP contribution in [0.15, 0.2) is 48.5 Å². The molecule has 0 spiro atoms. The third-order valence-corrected chi connectivity index (χ3v) is 4.88. The number of ether oxygens (including phenoxy) is 2. The van der Waals surface area contributed by atoms with Crippen molar-refractivity contribution >= 4 is 40.4 Å². The van der Waals surface area contributed by atoms with Crippen LogP contribution in [0.2, 0.25) is 0 Å². The van der Waals surface area contributed by atoms with E-state index in [2.05, 4.69) is 10.3 Å². The van der Waals surface area contributed by atoms with E-state index in [-0.39, 0.29) is 6.54 Å². The minimum atomic E-state index is -0.927. The van der Waals surface area contributed by atoms with Crippen LogP contribution >= 0.6 is 11.8 Å². The van der Waals surface area contributed by atoms with E-state index < -0.39 is 18.0 Å². The number of methoxy groups -OCH3 is 1. The predicted molar refractivity (Wildman–Crippen MR) is 114 cm³/mol. The molecule has 0 aliphatic carbocycles. The summed E-state index contributed by atoms with van der Waals surface area (Å²) in [5.74, 6) is 1.27. The van der Waals surface area contributed by atoms with Crippen LogP contribution in [0.4, 0.5) is 5.69 Å². The molecule has 3 rings (SSSR count). The van der Waals surface area contributed by atoms with Gasteiger partial charge < -0.3 is 19.4 Å². The molecule has 0 aliphatic rings. The normalized spacial score (nSPS) is 11.8. The Labute approximate surface area is 173 Å². The molecule has 3 aromatic rings. The SMILES string of the molecule is COc1ccc(NC(=O)[C@@H](C)OC(=O)Cn2c(CSC)nc3ccccc32)cc1. The zero-order valence-electron chi connectivity index (χ0n) is 16.5. The summed E-state index contributed by atoms with van der Waals surface area (Å²) < 4.78 is 12.3. The van der Waals surface area contributed by atoms with E-state index in [9.17, 15) is 9.59 Å². The molecule has 0 aliphatic heterocycles. The van der Waals surface area contributed by atoms with Gasteiger partial charge in [0.15, 0.2) is 6.10 Å². The second kappa shape index (κ2) is 9.47. The number of aromatic nitrogens is 2. The van der Waals surface area contributed by atoms with E-state index in [0.717, 1.165) is 16.9 Å². The molecule has 0 radical (unpaired) electrons. The number of fused-ring (bicyclic) bond motifs is 1. The Hall–Kier alpha value is -3.00. The van der Waals surface area contributed by atoms with Crippen LogP contribution in [0, 0.1) is 0 Å². The van der Waals surface area contributed by atoms with Crippen molar-refractivity contribution in [2.75, 3.05) is 18.7 Å². The first-order valence-electron chi connectivity index (χ1n) is 9.09. The lowest BCUT2D eigenvalue weighted by atomic mass is 10.3. The van der Waals surface area contributed by atoms with E-state index in [1.165, 1.54) is 0 Å². The van der Waals surface area contributed by atoms with Crippen molar-refractivity contribution in [2.45, 2.75) is 25.3 Å². The van der Waals surface area contributed by atoms with Gasteiger partial charge in [-0.1, -0.05) is 12.1 Å². The maximum Gasteiger partial charge on any atom is 0.326 e. The lowest BCUT2D eigenvalue weighted by Gasteiger charge is -2.15. The third-order valence-electron chi connectivity index (χ3n) is 4.33. The van der Waals surface area contributed by atoms with Crippen molar-refractivity contribution in [3.63, 3.8) is 0 Å². The van der Waals surface area contributed by atoms with Crippen molar-refractivity contribution in [1.29, 1.82) is 0 Å². The van der Waals surface area contributed by atoms with Gasteiger partial charge >= 0.3 is 5.97 Å². The number of anilines is 1. The Morgan fingerprint density at radius 2 is 1.90 bits per heavy atom. The summed E-state index contributed by atoms with van der Waals surface area (Å²) in [7, 11) is 1.57. The number of nitrogens with zero attached hydrogens (tertiary/aromatic N) is 2. The highest BCUT2D eigenvalue weighted by Gasteiger charge is 2.20. The molecule has 1 heterocycles. The zero-order chi connectivity index (χ0) is 20.8. The van der Waals surface area contributed by atoms with Gasteiger partial charge in [-0.2, -0.15) is 11.8 Å². The van der Waals surface area contributed by atoms with Crippen LogP contribution in [-0.2, 0) is 26.6 Å². The molecule has 1 atom stereocenters. The lowest BCUT2D eigenvalue weighted by molar-refractivity contribution is -0.153. The van der Waals surface area contributed by atoms with Crippen LogP contribution in [0.5, 0.6) is 5.75 Å². The van der Waals surface area contributed by atoms with Gasteiger partial charge in [-0.3, -0.25) is 9.59 Å². The minimum Gasteiger partial charge on any atom is -0.497 e. The Bertz CT molecular complexity index is 1000. The molecule has 0 saturated heterocycles. The molecule has 0 fully saturated rings. The van der Waals surface area contributed by atoms with E-state index in [1.807, 2.05) is 35.1 Å². The van der Waals surface area contributed by atoms with E-state index in [4.69, 9.17) is 9.47 Å². The van der Waals surface area contributed by atoms with Gasteiger partial charge in [-0.15, -0.1) is 0 Å². The molecule has 7 nitrogen and oxygen atoms in total. The molecular weight excluding hydrogens is 390 g/mol. The topological polar surface area (TPSA) is 82.5 Å². The number of carbonyl (C=O) groups excluding carboxylic acids is 2. The maximum atomic E-state index is 12.5. The Kier molecular flexibility index (Phi) is 6.77. The molecule has 0 saturated carbocycles. The highest BCUT2D eigenvalue weighted by atomic mass is 32.2. The van der Waals surface area contributed by atoms with Gasteiger partial charge in [-0.25, -0.2) is 4.98 Å². The number of rotatable bonds is 8. The number of hydrogen-bond acceptors (Lipinski definition) is 6. The number of thioether (sulfide) groups is 1. The fourth-order valence-corrected chi connectivity index (χ4v) is 3.35. The summed E-state index contributed by atoms with van der Waals surface area (Å²) in [6.45, 7) is 1.54. The van der Waals surface area contributed by atoms with Crippen molar-refractivity contribution in [1.82, 2.24) is 9.55 Å². The quantitative estimate of drug-likeness (QED) is 0.570. The molecule has 8 heteroatoms. The molecule has 0 unspecified atom stereocenters. The van der Waals surface area contributed by atoms with Crippen LogP contribution in [0.1, 0.15) is 12.7 Å². The van der Waals surface area contributed by atoms with Gasteiger partial charge in [0.05, 0.1) is 23.9 Å². The second-order valence-corrected chi connectivity index (χ2v) is 7.25. The first-order chi connectivity index (χ1) is 14.0. The summed E-state index contributed by atoms with van der Waals surface area (Å²) >= 11 is 1.63. The molecule has 0 bridgehead atoms. The Morgan fingerprint density at radius 1 is 1.17 bits per heavy atom. The Morgan fingerprint density at radius 3 is 2.59 bits per heavy atom. The van der Waals surface area contributed by atoms with E-state index >= 15 is 0 Å². The number of hydrogen-bond donors (Lipinski definition) is 1. The summed E-state index contributed by atoms with van der Waals surface area (Å²) in [5.41, 5.74) is 2.29. The minimum absolute atomic E-state index is 0.00341. The third kappa shape index (κ3) is 5.08. The molecular formula is C21H23N3O4S. The van der Waals surface area contributed by atoms with Crippen LogP contribution in [0.25, 0.3) is 11.0 Å². The first kappa shape index (κ1) is 20.7. The number of imidazole rings is 1. The van der Waals surface area contributed by atoms with Gasteiger partial charge in [-0.05, 0) is 49.6 Å². The summed E-state index contributed by atoms with van der Waals surface area (Å²) in [5, 5.41) is 2.72. The number of amides is 1. The highest BCUT2D eigenvalue weighted by Crippen LogP contribution is 2.19. The predicted octanol–water partition coefficient (Wildman–Crippen LogP) is 3.48. The summed E-state index contributed by atoms with van der Waals surface area (Å²) in [6, 6.07) is 14.6.